The number of amidine groups is 1. The quantitative estimate of drug-likeness (QED) is 0.901. The zero-order valence-electron chi connectivity index (χ0n) is 13.5. The van der Waals surface area contributed by atoms with Gasteiger partial charge in [0.25, 0.3) is 0 Å². The van der Waals surface area contributed by atoms with Crippen LogP contribution in [0.5, 0.6) is 0 Å². The first kappa shape index (κ1) is 16.9. The fourth-order valence-corrected chi connectivity index (χ4v) is 3.59. The van der Waals surface area contributed by atoms with Crippen molar-refractivity contribution in [2.75, 3.05) is 19.0 Å². The summed E-state index contributed by atoms with van der Waals surface area (Å²) < 4.78 is 0. The number of aliphatic imine (C=N–C) groups is 1. The van der Waals surface area contributed by atoms with Crippen molar-refractivity contribution in [2.45, 2.75) is 11.7 Å². The zero-order chi connectivity index (χ0) is 17.1. The Hall–Kier alpha value is -1.98. The van der Waals surface area contributed by atoms with Crippen molar-refractivity contribution in [2.24, 2.45) is 4.99 Å². The van der Waals surface area contributed by atoms with Gasteiger partial charge < -0.3 is 10.2 Å². The largest absolute Gasteiger partial charge is 0.378 e. The van der Waals surface area contributed by atoms with Crippen LogP contribution in [0.25, 0.3) is 0 Å². The number of nitrogens with zero attached hydrogens (tertiary/aromatic N) is 2. The van der Waals surface area contributed by atoms with Gasteiger partial charge >= 0.3 is 0 Å². The fraction of sp³-hybridized carbons (Fsp3) is 0.222. The lowest BCUT2D eigenvalue weighted by Gasteiger charge is -2.13. The summed E-state index contributed by atoms with van der Waals surface area (Å²) in [5.74, 6) is -0.0116. The summed E-state index contributed by atoms with van der Waals surface area (Å²) in [6.45, 7) is 0. The average molecular weight is 360 g/mol. The highest BCUT2D eigenvalue weighted by Gasteiger charge is 2.30. The molecule has 3 rings (SSSR count). The molecule has 0 bridgehead atoms. The Balaban J connectivity index is 1.70. The Kier molecular flexibility index (Phi) is 5.11. The lowest BCUT2D eigenvalue weighted by molar-refractivity contribution is -0.118. The maximum Gasteiger partial charge on any atom is 0.239 e. The predicted molar refractivity (Wildman–Crippen MR) is 103 cm³/mol. The third kappa shape index (κ3) is 3.91. The number of hydrogen-bond donors (Lipinski definition) is 1. The van der Waals surface area contributed by atoms with E-state index in [0.717, 1.165) is 11.3 Å². The highest BCUT2D eigenvalue weighted by atomic mass is 35.5. The summed E-state index contributed by atoms with van der Waals surface area (Å²) in [5, 5.41) is 3.84. The van der Waals surface area contributed by atoms with Crippen molar-refractivity contribution in [1.29, 1.82) is 0 Å². The van der Waals surface area contributed by atoms with Gasteiger partial charge in [-0.3, -0.25) is 4.79 Å². The van der Waals surface area contributed by atoms with Crippen LogP contribution in [0.2, 0.25) is 5.02 Å². The molecule has 0 aliphatic carbocycles. The number of carbonyl (C=O) groups is 1. The van der Waals surface area contributed by atoms with E-state index in [1.165, 1.54) is 11.8 Å². The summed E-state index contributed by atoms with van der Waals surface area (Å²) in [5.41, 5.74) is 2.94. The maximum absolute atomic E-state index is 12.2. The van der Waals surface area contributed by atoms with E-state index < -0.39 is 0 Å². The molecular formula is C18H18ClN3OS. The Bertz CT molecular complexity index is 774. The van der Waals surface area contributed by atoms with Crippen LogP contribution < -0.4 is 10.2 Å². The number of anilines is 1. The van der Waals surface area contributed by atoms with Crippen molar-refractivity contribution >= 4 is 45.8 Å². The lowest BCUT2D eigenvalue weighted by atomic mass is 10.1. The molecule has 6 heteroatoms. The number of halogens is 1. The summed E-state index contributed by atoms with van der Waals surface area (Å²) in [6, 6.07) is 15.6. The molecule has 1 aliphatic heterocycles. The molecule has 24 heavy (non-hydrogen) atoms. The Morgan fingerprint density at radius 2 is 1.88 bits per heavy atom. The van der Waals surface area contributed by atoms with Gasteiger partial charge in [-0.2, -0.15) is 0 Å². The SMILES string of the molecule is CN(C)c1ccc(CC2SC(=Nc3ccccc3Cl)NC2=O)cc1. The minimum Gasteiger partial charge on any atom is -0.378 e. The molecule has 1 amide bonds. The second-order valence-corrected chi connectivity index (χ2v) is 7.33. The van der Waals surface area contributed by atoms with Crippen LogP contribution in [0, 0.1) is 0 Å². The van der Waals surface area contributed by atoms with Gasteiger partial charge in [-0.25, -0.2) is 4.99 Å². The molecular weight excluding hydrogens is 342 g/mol. The second-order valence-electron chi connectivity index (χ2n) is 5.73. The van der Waals surface area contributed by atoms with Crippen LogP contribution in [0.4, 0.5) is 11.4 Å². The molecule has 1 atom stereocenters. The van der Waals surface area contributed by atoms with Gasteiger partial charge in [-0.05, 0) is 36.2 Å². The molecule has 1 aliphatic rings. The smallest absolute Gasteiger partial charge is 0.239 e. The molecule has 0 radical (unpaired) electrons. The number of benzene rings is 2. The van der Waals surface area contributed by atoms with Gasteiger partial charge in [0, 0.05) is 19.8 Å². The number of amides is 1. The van der Waals surface area contributed by atoms with E-state index in [4.69, 9.17) is 11.6 Å². The van der Waals surface area contributed by atoms with Crippen LogP contribution in [0.15, 0.2) is 53.5 Å². The van der Waals surface area contributed by atoms with Gasteiger partial charge in [-0.15, -0.1) is 0 Å². The predicted octanol–water partition coefficient (Wildman–Crippen LogP) is 3.87. The molecule has 4 nitrogen and oxygen atoms in total. The van der Waals surface area contributed by atoms with Crippen molar-refractivity contribution < 1.29 is 4.79 Å². The molecule has 0 aromatic heterocycles. The van der Waals surface area contributed by atoms with E-state index in [2.05, 4.69) is 39.5 Å². The van der Waals surface area contributed by atoms with Crippen LogP contribution in [-0.4, -0.2) is 30.4 Å². The van der Waals surface area contributed by atoms with E-state index in [-0.39, 0.29) is 11.2 Å². The van der Waals surface area contributed by atoms with E-state index in [9.17, 15) is 4.79 Å². The fourth-order valence-electron chi connectivity index (χ4n) is 2.39. The summed E-state index contributed by atoms with van der Waals surface area (Å²) in [6.07, 6.45) is 0.672. The number of para-hydroxylation sites is 1. The second kappa shape index (κ2) is 7.28. The van der Waals surface area contributed by atoms with Crippen molar-refractivity contribution in [3.63, 3.8) is 0 Å². The molecule has 1 saturated heterocycles. The third-order valence-corrected chi connectivity index (χ3v) is 5.13. The monoisotopic (exact) mass is 359 g/mol. The number of carbonyl (C=O) groups excluding carboxylic acids is 1. The van der Waals surface area contributed by atoms with E-state index in [1.54, 1.807) is 6.07 Å². The molecule has 1 heterocycles. The highest BCUT2D eigenvalue weighted by molar-refractivity contribution is 8.15. The topological polar surface area (TPSA) is 44.7 Å². The summed E-state index contributed by atoms with van der Waals surface area (Å²) >= 11 is 7.56. The normalized spacial score (nSPS) is 18.7. The first-order chi connectivity index (χ1) is 11.5. The molecule has 124 valence electrons. The summed E-state index contributed by atoms with van der Waals surface area (Å²) in [7, 11) is 4.01. The zero-order valence-corrected chi connectivity index (χ0v) is 15.1. The van der Waals surface area contributed by atoms with Gasteiger partial charge in [-0.1, -0.05) is 47.6 Å². The van der Waals surface area contributed by atoms with Crippen LogP contribution in [0.1, 0.15) is 5.56 Å². The van der Waals surface area contributed by atoms with Crippen LogP contribution >= 0.6 is 23.4 Å². The molecule has 2 aromatic rings. The maximum atomic E-state index is 12.2. The minimum absolute atomic E-state index is 0.0116. The highest BCUT2D eigenvalue weighted by Crippen LogP contribution is 2.29. The van der Waals surface area contributed by atoms with Gasteiger partial charge in [0.2, 0.25) is 5.91 Å². The van der Waals surface area contributed by atoms with Crippen molar-refractivity contribution in [3.05, 3.63) is 59.1 Å². The first-order valence-electron chi connectivity index (χ1n) is 7.60. The Morgan fingerprint density at radius 3 is 2.54 bits per heavy atom. The Labute approximate surface area is 150 Å². The van der Waals surface area contributed by atoms with E-state index in [0.29, 0.717) is 22.3 Å². The van der Waals surface area contributed by atoms with Gasteiger partial charge in [0.1, 0.15) is 0 Å². The van der Waals surface area contributed by atoms with Crippen molar-refractivity contribution in [1.82, 2.24) is 5.32 Å². The van der Waals surface area contributed by atoms with Gasteiger partial charge in [0.05, 0.1) is 16.0 Å². The minimum atomic E-state index is -0.170. The van der Waals surface area contributed by atoms with Crippen LogP contribution in [0.3, 0.4) is 0 Å². The van der Waals surface area contributed by atoms with E-state index in [1.807, 2.05) is 32.3 Å². The number of hydrogen-bond acceptors (Lipinski definition) is 4. The standard InChI is InChI=1S/C18H18ClN3OS/c1-22(2)13-9-7-12(8-10-13)11-16-17(23)21-18(24-16)20-15-6-4-3-5-14(15)19/h3-10,16H,11H2,1-2H3,(H,20,21,23). The molecule has 1 N–H and O–H groups in total. The first-order valence-corrected chi connectivity index (χ1v) is 8.85. The number of nitrogens with one attached hydrogen (secondary N) is 1. The molecule has 1 unspecified atom stereocenters. The number of thioether (sulfide) groups is 1. The van der Waals surface area contributed by atoms with Gasteiger partial charge in [0.15, 0.2) is 5.17 Å². The lowest BCUT2D eigenvalue weighted by Crippen LogP contribution is -2.26. The Morgan fingerprint density at radius 1 is 1.17 bits per heavy atom. The van der Waals surface area contributed by atoms with E-state index >= 15 is 0 Å². The molecule has 1 fully saturated rings. The number of rotatable bonds is 4. The molecule has 0 saturated carbocycles. The summed E-state index contributed by atoms with van der Waals surface area (Å²) in [4.78, 5) is 18.7. The average Bonchev–Trinajstić information content (AvgIpc) is 2.90. The third-order valence-electron chi connectivity index (χ3n) is 3.72. The molecule has 0 spiro atoms. The molecule has 2 aromatic carbocycles. The van der Waals surface area contributed by atoms with Crippen molar-refractivity contribution in [3.8, 4) is 0 Å². The van der Waals surface area contributed by atoms with Crippen LogP contribution in [-0.2, 0) is 11.2 Å².